The minimum absolute atomic E-state index is 0.0920. The van der Waals surface area contributed by atoms with E-state index in [1.807, 2.05) is 37.4 Å². The molecule has 0 aliphatic heterocycles. The number of hydrogen-bond acceptors (Lipinski definition) is 3. The van der Waals surface area contributed by atoms with Crippen LogP contribution in [0.1, 0.15) is 20.8 Å². The van der Waals surface area contributed by atoms with Crippen molar-refractivity contribution < 1.29 is 4.79 Å². The van der Waals surface area contributed by atoms with Gasteiger partial charge in [-0.2, -0.15) is 0 Å². The van der Waals surface area contributed by atoms with Gasteiger partial charge >= 0.3 is 0 Å². The van der Waals surface area contributed by atoms with Gasteiger partial charge in [0.05, 0.1) is 4.88 Å². The Morgan fingerprint density at radius 1 is 1.38 bits per heavy atom. The highest BCUT2D eigenvalue weighted by Gasteiger charge is 2.10. The molecule has 0 fully saturated rings. The molecule has 82 valence electrons. The summed E-state index contributed by atoms with van der Waals surface area (Å²) in [6.45, 7) is 3.89. The summed E-state index contributed by atoms with van der Waals surface area (Å²) in [5.41, 5.74) is 2.07. The van der Waals surface area contributed by atoms with E-state index in [0.717, 1.165) is 16.0 Å². The van der Waals surface area contributed by atoms with Gasteiger partial charge in [0.15, 0.2) is 0 Å². The number of carbonyl (C=O) groups is 1. The fraction of sp³-hybridized carbons (Fsp3) is 0.167. The number of pyridine rings is 1. The van der Waals surface area contributed by atoms with Gasteiger partial charge in [0.2, 0.25) is 0 Å². The van der Waals surface area contributed by atoms with E-state index < -0.39 is 0 Å². The summed E-state index contributed by atoms with van der Waals surface area (Å²) < 4.78 is 0. The molecule has 3 nitrogen and oxygen atoms in total. The predicted octanol–water partition coefficient (Wildman–Crippen LogP) is 3.01. The van der Waals surface area contributed by atoms with Crippen molar-refractivity contribution in [1.29, 1.82) is 0 Å². The lowest BCUT2D eigenvalue weighted by Gasteiger charge is -2.03. The molecule has 4 heteroatoms. The van der Waals surface area contributed by atoms with Gasteiger partial charge in [-0.05, 0) is 48.6 Å². The molecule has 2 aromatic heterocycles. The van der Waals surface area contributed by atoms with E-state index in [2.05, 4.69) is 10.3 Å². The molecule has 0 unspecified atom stereocenters. The molecule has 0 spiro atoms. The van der Waals surface area contributed by atoms with Crippen LogP contribution in [0.15, 0.2) is 29.8 Å². The largest absolute Gasteiger partial charge is 0.306 e. The molecule has 0 saturated heterocycles. The molecule has 1 N–H and O–H groups in total. The van der Waals surface area contributed by atoms with E-state index in [4.69, 9.17) is 0 Å². The molecule has 0 aliphatic rings. The number of aromatic nitrogens is 1. The van der Waals surface area contributed by atoms with Crippen molar-refractivity contribution in [3.8, 4) is 0 Å². The molecular weight excluding hydrogens is 220 g/mol. The highest BCUT2D eigenvalue weighted by Crippen LogP contribution is 2.17. The fourth-order valence-electron chi connectivity index (χ4n) is 1.38. The number of hydrogen-bond donors (Lipinski definition) is 1. The first-order valence-corrected chi connectivity index (χ1v) is 5.83. The predicted molar refractivity (Wildman–Crippen MR) is 66.0 cm³/mol. The van der Waals surface area contributed by atoms with Crippen LogP contribution in [0.5, 0.6) is 0 Å². The molecule has 0 aliphatic carbocycles. The Morgan fingerprint density at radius 2 is 2.19 bits per heavy atom. The zero-order valence-corrected chi connectivity index (χ0v) is 9.97. The van der Waals surface area contributed by atoms with Crippen LogP contribution in [0.4, 0.5) is 5.82 Å². The number of nitrogens with one attached hydrogen (secondary N) is 1. The molecule has 2 heterocycles. The second-order valence-corrected chi connectivity index (χ2v) is 4.52. The van der Waals surface area contributed by atoms with Crippen LogP contribution in [0, 0.1) is 13.8 Å². The van der Waals surface area contributed by atoms with Gasteiger partial charge in [0.25, 0.3) is 5.91 Å². The van der Waals surface area contributed by atoms with Crippen LogP contribution in [0.3, 0.4) is 0 Å². The summed E-state index contributed by atoms with van der Waals surface area (Å²) in [6.07, 6.45) is 1.69. The lowest BCUT2D eigenvalue weighted by atomic mass is 10.2. The lowest BCUT2D eigenvalue weighted by Crippen LogP contribution is -2.12. The standard InChI is InChI=1S/C12H12N2OS/c1-8-3-5-13-10(7-8)14-12(15)11-9(2)4-6-16-11/h3-7H,1-2H3,(H,13,14,15). The topological polar surface area (TPSA) is 42.0 Å². The number of carbonyl (C=O) groups excluding carboxylic acids is 1. The van der Waals surface area contributed by atoms with Crippen LogP contribution in [-0.2, 0) is 0 Å². The Bertz CT molecular complexity index is 519. The van der Waals surface area contributed by atoms with Gasteiger partial charge in [-0.15, -0.1) is 11.3 Å². The second kappa shape index (κ2) is 4.45. The van der Waals surface area contributed by atoms with Crippen LogP contribution >= 0.6 is 11.3 Å². The number of rotatable bonds is 2. The van der Waals surface area contributed by atoms with Crippen molar-refractivity contribution in [2.45, 2.75) is 13.8 Å². The SMILES string of the molecule is Cc1ccnc(NC(=O)c2sccc2C)c1. The van der Waals surface area contributed by atoms with Crippen LogP contribution in [0.2, 0.25) is 0 Å². The van der Waals surface area contributed by atoms with E-state index in [1.165, 1.54) is 11.3 Å². The van der Waals surface area contributed by atoms with E-state index in [9.17, 15) is 4.79 Å². The van der Waals surface area contributed by atoms with Gasteiger partial charge < -0.3 is 5.32 Å². The Balaban J connectivity index is 2.17. The monoisotopic (exact) mass is 232 g/mol. The van der Waals surface area contributed by atoms with E-state index in [1.54, 1.807) is 6.20 Å². The van der Waals surface area contributed by atoms with Gasteiger partial charge in [0.1, 0.15) is 5.82 Å². The molecule has 1 amide bonds. The fourth-order valence-corrected chi connectivity index (χ4v) is 2.20. The maximum Gasteiger partial charge on any atom is 0.267 e. The number of anilines is 1. The summed E-state index contributed by atoms with van der Waals surface area (Å²) in [6, 6.07) is 5.68. The van der Waals surface area contributed by atoms with Crippen molar-refractivity contribution in [2.75, 3.05) is 5.32 Å². The third kappa shape index (κ3) is 2.28. The molecular formula is C12H12N2OS. The minimum Gasteiger partial charge on any atom is -0.306 e. The Labute approximate surface area is 98.2 Å². The smallest absolute Gasteiger partial charge is 0.267 e. The quantitative estimate of drug-likeness (QED) is 0.864. The van der Waals surface area contributed by atoms with Gasteiger partial charge in [-0.25, -0.2) is 4.98 Å². The van der Waals surface area contributed by atoms with Gasteiger partial charge in [-0.1, -0.05) is 0 Å². The Hall–Kier alpha value is -1.68. The van der Waals surface area contributed by atoms with Crippen LogP contribution < -0.4 is 5.32 Å². The molecule has 0 atom stereocenters. The summed E-state index contributed by atoms with van der Waals surface area (Å²) in [4.78, 5) is 16.7. The third-order valence-corrected chi connectivity index (χ3v) is 3.24. The normalized spacial score (nSPS) is 10.1. The zero-order chi connectivity index (χ0) is 11.5. The molecule has 2 rings (SSSR count). The maximum atomic E-state index is 11.9. The molecule has 0 aromatic carbocycles. The maximum absolute atomic E-state index is 11.9. The van der Waals surface area contributed by atoms with Crippen molar-refractivity contribution in [3.05, 3.63) is 45.8 Å². The van der Waals surface area contributed by atoms with E-state index in [0.29, 0.717) is 5.82 Å². The lowest BCUT2D eigenvalue weighted by molar-refractivity contribution is 0.102. The summed E-state index contributed by atoms with van der Waals surface area (Å²) in [5.74, 6) is 0.503. The molecule has 16 heavy (non-hydrogen) atoms. The van der Waals surface area contributed by atoms with Crippen molar-refractivity contribution in [1.82, 2.24) is 4.98 Å². The van der Waals surface area contributed by atoms with Crippen molar-refractivity contribution >= 4 is 23.1 Å². The van der Waals surface area contributed by atoms with Crippen LogP contribution in [0.25, 0.3) is 0 Å². The van der Waals surface area contributed by atoms with Crippen molar-refractivity contribution in [2.24, 2.45) is 0 Å². The van der Waals surface area contributed by atoms with E-state index >= 15 is 0 Å². The highest BCUT2D eigenvalue weighted by atomic mass is 32.1. The number of aryl methyl sites for hydroxylation is 2. The van der Waals surface area contributed by atoms with Crippen molar-refractivity contribution in [3.63, 3.8) is 0 Å². The average molecular weight is 232 g/mol. The first-order chi connectivity index (χ1) is 7.66. The highest BCUT2D eigenvalue weighted by molar-refractivity contribution is 7.12. The number of amides is 1. The summed E-state index contributed by atoms with van der Waals surface area (Å²) >= 11 is 1.44. The Kier molecular flexibility index (Phi) is 3.01. The first-order valence-electron chi connectivity index (χ1n) is 4.95. The number of nitrogens with zero attached hydrogens (tertiary/aromatic N) is 1. The molecule has 0 bridgehead atoms. The zero-order valence-electron chi connectivity index (χ0n) is 9.15. The van der Waals surface area contributed by atoms with E-state index in [-0.39, 0.29) is 5.91 Å². The summed E-state index contributed by atoms with van der Waals surface area (Å²) in [5, 5.41) is 4.70. The third-order valence-electron chi connectivity index (χ3n) is 2.23. The van der Waals surface area contributed by atoms with Crippen LogP contribution in [-0.4, -0.2) is 10.9 Å². The minimum atomic E-state index is -0.0920. The number of thiophene rings is 1. The first kappa shape index (κ1) is 10.8. The van der Waals surface area contributed by atoms with Gasteiger partial charge in [0, 0.05) is 6.20 Å². The molecule has 0 saturated carbocycles. The molecule has 2 aromatic rings. The summed E-state index contributed by atoms with van der Waals surface area (Å²) in [7, 11) is 0. The average Bonchev–Trinajstić information content (AvgIpc) is 2.64. The second-order valence-electron chi connectivity index (χ2n) is 3.61. The molecule has 0 radical (unpaired) electrons. The van der Waals surface area contributed by atoms with Gasteiger partial charge in [-0.3, -0.25) is 4.79 Å². The Morgan fingerprint density at radius 3 is 2.81 bits per heavy atom.